The van der Waals surface area contributed by atoms with Gasteiger partial charge in [0, 0.05) is 27.7 Å². The van der Waals surface area contributed by atoms with E-state index in [4.69, 9.17) is 0 Å². The van der Waals surface area contributed by atoms with E-state index < -0.39 is 5.91 Å². The summed E-state index contributed by atoms with van der Waals surface area (Å²) in [5.41, 5.74) is 2.99. The second kappa shape index (κ2) is 10.1. The Bertz CT molecular complexity index is 1310. The lowest BCUT2D eigenvalue weighted by molar-refractivity contribution is -0.117. The lowest BCUT2D eigenvalue weighted by atomic mass is 10.0. The number of amidine groups is 1. The zero-order valence-corrected chi connectivity index (χ0v) is 19.1. The summed E-state index contributed by atoms with van der Waals surface area (Å²) in [7, 11) is 0. The van der Waals surface area contributed by atoms with Gasteiger partial charge < -0.3 is 10.6 Å². The molecule has 0 radical (unpaired) electrons. The summed E-state index contributed by atoms with van der Waals surface area (Å²) in [6.07, 6.45) is 0.648. The van der Waals surface area contributed by atoms with Crippen LogP contribution in [-0.2, 0) is 11.2 Å². The molecule has 0 spiro atoms. The molecule has 4 rings (SSSR count). The zero-order valence-electron chi connectivity index (χ0n) is 17.5. The number of hydrogen-bond acceptors (Lipinski definition) is 4. The second-order valence-electron chi connectivity index (χ2n) is 7.29. The molecule has 3 aromatic carbocycles. The Morgan fingerprint density at radius 2 is 1.58 bits per heavy atom. The monoisotopic (exact) mass is 498 g/mol. The number of nitrogens with one attached hydrogen (secondary N) is 2. The average Bonchev–Trinajstić information content (AvgIpc) is 3.19. The van der Waals surface area contributed by atoms with E-state index in [0.29, 0.717) is 35.5 Å². The SMILES string of the molecule is N#CC(C(=O)NCCc1ccccc1)=C1N=C(NC(=O)c2ccc(Br)cc2)c2ccccc21. The van der Waals surface area contributed by atoms with Gasteiger partial charge in [0.05, 0.1) is 5.70 Å². The number of rotatable bonds is 5. The van der Waals surface area contributed by atoms with Gasteiger partial charge in [-0.2, -0.15) is 5.26 Å². The predicted octanol–water partition coefficient (Wildman–Crippen LogP) is 4.23. The lowest BCUT2D eigenvalue weighted by Gasteiger charge is -2.06. The van der Waals surface area contributed by atoms with Gasteiger partial charge in [-0.25, -0.2) is 4.99 Å². The first kappa shape index (κ1) is 22.2. The molecule has 0 atom stereocenters. The molecule has 6 nitrogen and oxygen atoms in total. The molecule has 1 aliphatic rings. The van der Waals surface area contributed by atoms with E-state index in [0.717, 1.165) is 10.0 Å². The van der Waals surface area contributed by atoms with Gasteiger partial charge in [-0.1, -0.05) is 70.5 Å². The molecular formula is C26H19BrN4O2. The number of aliphatic imine (C=N–C) groups is 1. The minimum atomic E-state index is -0.498. The van der Waals surface area contributed by atoms with Crippen molar-refractivity contribution in [1.29, 1.82) is 5.26 Å². The molecule has 2 amide bonds. The van der Waals surface area contributed by atoms with Crippen molar-refractivity contribution < 1.29 is 9.59 Å². The number of hydrogen-bond donors (Lipinski definition) is 2. The van der Waals surface area contributed by atoms with Gasteiger partial charge >= 0.3 is 0 Å². The first-order chi connectivity index (χ1) is 16.1. The van der Waals surface area contributed by atoms with Crippen LogP contribution in [0.25, 0.3) is 5.70 Å². The Morgan fingerprint density at radius 1 is 0.909 bits per heavy atom. The first-order valence-electron chi connectivity index (χ1n) is 10.3. The van der Waals surface area contributed by atoms with Gasteiger partial charge in [0.1, 0.15) is 17.5 Å². The number of halogens is 1. The summed E-state index contributed by atoms with van der Waals surface area (Å²) < 4.78 is 0.866. The van der Waals surface area contributed by atoms with Crippen molar-refractivity contribution in [3.63, 3.8) is 0 Å². The normalized spacial score (nSPS) is 13.4. The molecule has 3 aromatic rings. The van der Waals surface area contributed by atoms with Crippen molar-refractivity contribution in [3.8, 4) is 6.07 Å². The van der Waals surface area contributed by atoms with Crippen LogP contribution in [0.2, 0.25) is 0 Å². The van der Waals surface area contributed by atoms with E-state index in [2.05, 4.69) is 31.6 Å². The van der Waals surface area contributed by atoms with Crippen molar-refractivity contribution in [2.24, 2.45) is 4.99 Å². The Hall–Kier alpha value is -4.02. The summed E-state index contributed by atoms with van der Waals surface area (Å²) in [4.78, 5) is 30.0. The highest BCUT2D eigenvalue weighted by atomic mass is 79.9. The first-order valence-corrected chi connectivity index (χ1v) is 11.1. The Labute approximate surface area is 199 Å². The topological polar surface area (TPSA) is 94.3 Å². The molecule has 7 heteroatoms. The van der Waals surface area contributed by atoms with Crippen LogP contribution in [0.3, 0.4) is 0 Å². The van der Waals surface area contributed by atoms with Gasteiger partial charge in [0.25, 0.3) is 11.8 Å². The van der Waals surface area contributed by atoms with E-state index >= 15 is 0 Å². The Balaban J connectivity index is 1.57. The van der Waals surface area contributed by atoms with Crippen LogP contribution in [0.5, 0.6) is 0 Å². The van der Waals surface area contributed by atoms with Crippen molar-refractivity contribution in [1.82, 2.24) is 10.6 Å². The second-order valence-corrected chi connectivity index (χ2v) is 8.21. The number of nitriles is 1. The summed E-state index contributed by atoms with van der Waals surface area (Å²) in [5, 5.41) is 15.3. The van der Waals surface area contributed by atoms with Crippen molar-refractivity contribution >= 4 is 39.3 Å². The third-order valence-corrected chi connectivity index (χ3v) is 5.65. The highest BCUT2D eigenvalue weighted by Crippen LogP contribution is 2.30. The van der Waals surface area contributed by atoms with E-state index in [9.17, 15) is 14.9 Å². The molecule has 0 aromatic heterocycles. The van der Waals surface area contributed by atoms with Gasteiger partial charge in [-0.15, -0.1) is 0 Å². The molecule has 0 saturated heterocycles. The third kappa shape index (κ3) is 5.08. The maximum absolute atomic E-state index is 12.8. The van der Waals surface area contributed by atoms with E-state index in [1.807, 2.05) is 42.5 Å². The largest absolute Gasteiger partial charge is 0.351 e. The summed E-state index contributed by atoms with van der Waals surface area (Å²) in [5.74, 6) is -0.524. The zero-order chi connectivity index (χ0) is 23.2. The summed E-state index contributed by atoms with van der Waals surface area (Å²) in [6, 6.07) is 25.9. The van der Waals surface area contributed by atoms with Crippen LogP contribution in [-0.4, -0.2) is 24.2 Å². The van der Waals surface area contributed by atoms with E-state index in [-0.39, 0.29) is 17.2 Å². The fourth-order valence-corrected chi connectivity index (χ4v) is 3.72. The molecule has 0 saturated carbocycles. The van der Waals surface area contributed by atoms with Crippen LogP contribution in [0, 0.1) is 11.3 Å². The molecule has 162 valence electrons. The molecule has 2 N–H and O–H groups in total. The third-order valence-electron chi connectivity index (χ3n) is 5.12. The summed E-state index contributed by atoms with van der Waals surface area (Å²) >= 11 is 3.35. The van der Waals surface area contributed by atoms with Crippen LogP contribution in [0.15, 0.2) is 93.9 Å². The Kier molecular flexibility index (Phi) is 6.77. The highest BCUT2D eigenvalue weighted by Gasteiger charge is 2.27. The maximum Gasteiger partial charge on any atom is 0.264 e. The van der Waals surface area contributed by atoms with Crippen molar-refractivity contribution in [3.05, 3.63) is 111 Å². The van der Waals surface area contributed by atoms with E-state index in [1.54, 1.807) is 42.5 Å². The minimum Gasteiger partial charge on any atom is -0.351 e. The van der Waals surface area contributed by atoms with Gasteiger partial charge in [0.2, 0.25) is 0 Å². The molecule has 0 unspecified atom stereocenters. The number of carbonyl (C=O) groups excluding carboxylic acids is 2. The van der Waals surface area contributed by atoms with Crippen LogP contribution in [0.4, 0.5) is 0 Å². The van der Waals surface area contributed by atoms with Crippen molar-refractivity contribution in [2.45, 2.75) is 6.42 Å². The molecular weight excluding hydrogens is 480 g/mol. The van der Waals surface area contributed by atoms with Gasteiger partial charge in [0.15, 0.2) is 0 Å². The fraction of sp³-hybridized carbons (Fsp3) is 0.0769. The van der Waals surface area contributed by atoms with E-state index in [1.165, 1.54) is 0 Å². The van der Waals surface area contributed by atoms with Gasteiger partial charge in [-0.3, -0.25) is 9.59 Å². The predicted molar refractivity (Wildman–Crippen MR) is 130 cm³/mol. The number of benzene rings is 3. The van der Waals surface area contributed by atoms with Gasteiger partial charge in [-0.05, 0) is 36.2 Å². The average molecular weight is 499 g/mol. The smallest absolute Gasteiger partial charge is 0.264 e. The number of carbonyl (C=O) groups is 2. The molecule has 1 aliphatic heterocycles. The number of fused-ring (bicyclic) bond motifs is 1. The highest BCUT2D eigenvalue weighted by molar-refractivity contribution is 9.10. The molecule has 0 aliphatic carbocycles. The quantitative estimate of drug-likeness (QED) is 0.407. The summed E-state index contributed by atoms with van der Waals surface area (Å²) in [6.45, 7) is 0.389. The lowest BCUT2D eigenvalue weighted by Crippen LogP contribution is -2.30. The minimum absolute atomic E-state index is 0.0941. The number of nitrogens with zero attached hydrogens (tertiary/aromatic N) is 2. The van der Waals surface area contributed by atoms with Crippen LogP contribution >= 0.6 is 15.9 Å². The maximum atomic E-state index is 12.8. The van der Waals surface area contributed by atoms with Crippen LogP contribution < -0.4 is 10.6 Å². The fourth-order valence-electron chi connectivity index (χ4n) is 3.46. The number of amides is 2. The molecule has 33 heavy (non-hydrogen) atoms. The molecule has 0 bridgehead atoms. The van der Waals surface area contributed by atoms with Crippen LogP contribution in [0.1, 0.15) is 27.0 Å². The Morgan fingerprint density at radius 3 is 2.27 bits per heavy atom. The molecule has 0 fully saturated rings. The van der Waals surface area contributed by atoms with Crippen molar-refractivity contribution in [2.75, 3.05) is 6.54 Å². The molecule has 1 heterocycles. The standard InChI is InChI=1S/C26H19BrN4O2/c27-19-12-10-18(11-13-19)25(32)31-24-21-9-5-4-8-20(21)23(30-24)22(16-28)26(33)29-15-14-17-6-2-1-3-7-17/h1-13H,14-15H2,(H,29,33)(H,30,31,32).